The molecule has 0 unspecified atom stereocenters. The number of rotatable bonds is 3. The van der Waals surface area contributed by atoms with Crippen LogP contribution in [0.1, 0.15) is 0 Å². The first-order valence-corrected chi connectivity index (χ1v) is 6.10. The van der Waals surface area contributed by atoms with Gasteiger partial charge >= 0.3 is 0 Å². The summed E-state index contributed by atoms with van der Waals surface area (Å²) in [6.45, 7) is 0. The molecule has 3 rings (SSSR count). The van der Waals surface area contributed by atoms with E-state index in [1.807, 2.05) is 24.3 Å². The van der Waals surface area contributed by atoms with Crippen molar-refractivity contribution in [2.75, 3.05) is 7.11 Å². The SMILES string of the molecule is COc1ccc(-c2cc(=O)cc(-c3ccco3)o2)cc1. The highest BCUT2D eigenvalue weighted by molar-refractivity contribution is 5.61. The molecule has 0 spiro atoms. The minimum Gasteiger partial charge on any atom is -0.497 e. The quantitative estimate of drug-likeness (QED) is 0.728. The Labute approximate surface area is 115 Å². The van der Waals surface area contributed by atoms with Gasteiger partial charge in [0.05, 0.1) is 13.4 Å². The van der Waals surface area contributed by atoms with Crippen molar-refractivity contribution in [2.45, 2.75) is 0 Å². The molecule has 0 radical (unpaired) electrons. The molecule has 4 nitrogen and oxygen atoms in total. The third-order valence-electron chi connectivity index (χ3n) is 2.91. The van der Waals surface area contributed by atoms with E-state index in [9.17, 15) is 4.79 Å². The number of methoxy groups -OCH3 is 1. The number of benzene rings is 1. The summed E-state index contributed by atoms with van der Waals surface area (Å²) in [7, 11) is 1.60. The molecule has 0 saturated heterocycles. The Bertz CT molecular complexity index is 752. The lowest BCUT2D eigenvalue weighted by Crippen LogP contribution is -1.98. The molecule has 2 aromatic heterocycles. The summed E-state index contributed by atoms with van der Waals surface area (Å²) in [5.41, 5.74) is 0.671. The largest absolute Gasteiger partial charge is 0.497 e. The maximum atomic E-state index is 11.8. The Hall–Kier alpha value is -2.75. The molecule has 0 aliphatic rings. The highest BCUT2D eigenvalue weighted by Gasteiger charge is 2.09. The number of hydrogen-bond acceptors (Lipinski definition) is 4. The fraction of sp³-hybridized carbons (Fsp3) is 0.0625. The molecule has 0 N–H and O–H groups in total. The van der Waals surface area contributed by atoms with Gasteiger partial charge in [-0.05, 0) is 36.4 Å². The number of furan rings is 1. The Balaban J connectivity index is 2.07. The van der Waals surface area contributed by atoms with Crippen molar-refractivity contribution in [2.24, 2.45) is 0 Å². The molecule has 3 aromatic rings. The lowest BCUT2D eigenvalue weighted by molar-refractivity contribution is 0.415. The van der Waals surface area contributed by atoms with Crippen molar-refractivity contribution in [1.29, 1.82) is 0 Å². The molecule has 100 valence electrons. The first-order valence-electron chi connectivity index (χ1n) is 6.10. The second-order valence-corrected chi connectivity index (χ2v) is 4.23. The summed E-state index contributed by atoms with van der Waals surface area (Å²) >= 11 is 0. The summed E-state index contributed by atoms with van der Waals surface area (Å²) in [5.74, 6) is 2.18. The maximum Gasteiger partial charge on any atom is 0.186 e. The molecule has 4 heteroatoms. The molecule has 0 aliphatic carbocycles. The van der Waals surface area contributed by atoms with Crippen molar-refractivity contribution in [3.63, 3.8) is 0 Å². The molecule has 0 saturated carbocycles. The fourth-order valence-electron chi connectivity index (χ4n) is 1.92. The lowest BCUT2D eigenvalue weighted by atomic mass is 10.1. The predicted molar refractivity (Wildman–Crippen MR) is 74.7 cm³/mol. The number of ether oxygens (including phenoxy) is 1. The lowest BCUT2D eigenvalue weighted by Gasteiger charge is -2.04. The van der Waals surface area contributed by atoms with Crippen molar-refractivity contribution in [1.82, 2.24) is 0 Å². The van der Waals surface area contributed by atoms with Crippen molar-refractivity contribution >= 4 is 0 Å². The van der Waals surface area contributed by atoms with Crippen LogP contribution in [0.15, 0.2) is 68.4 Å². The minimum atomic E-state index is -0.131. The molecule has 0 bridgehead atoms. The van der Waals surface area contributed by atoms with Gasteiger partial charge in [-0.3, -0.25) is 4.79 Å². The van der Waals surface area contributed by atoms with Gasteiger partial charge in [-0.25, -0.2) is 0 Å². The van der Waals surface area contributed by atoms with Gasteiger partial charge in [0.2, 0.25) is 0 Å². The second-order valence-electron chi connectivity index (χ2n) is 4.23. The Morgan fingerprint density at radius 1 is 0.950 bits per heavy atom. The van der Waals surface area contributed by atoms with E-state index < -0.39 is 0 Å². The standard InChI is InChI=1S/C16H12O4/c1-18-13-6-4-11(5-7-13)15-9-12(17)10-16(20-15)14-3-2-8-19-14/h2-10H,1H3. The van der Waals surface area contributed by atoms with E-state index in [1.165, 1.54) is 18.4 Å². The normalized spacial score (nSPS) is 10.4. The zero-order chi connectivity index (χ0) is 13.9. The summed E-state index contributed by atoms with van der Waals surface area (Å²) in [4.78, 5) is 11.8. The minimum absolute atomic E-state index is 0.131. The highest BCUT2D eigenvalue weighted by atomic mass is 16.5. The van der Waals surface area contributed by atoms with Crippen LogP contribution in [0.5, 0.6) is 5.75 Å². The van der Waals surface area contributed by atoms with E-state index in [2.05, 4.69) is 0 Å². The molecule has 0 atom stereocenters. The predicted octanol–water partition coefficient (Wildman–Crippen LogP) is 3.58. The molecule has 20 heavy (non-hydrogen) atoms. The zero-order valence-corrected chi connectivity index (χ0v) is 10.8. The smallest absolute Gasteiger partial charge is 0.186 e. The average Bonchev–Trinajstić information content (AvgIpc) is 3.01. The van der Waals surface area contributed by atoms with Gasteiger partial charge in [-0.15, -0.1) is 0 Å². The van der Waals surface area contributed by atoms with Gasteiger partial charge in [0, 0.05) is 17.7 Å². The summed E-state index contributed by atoms with van der Waals surface area (Å²) in [6.07, 6.45) is 1.54. The van der Waals surface area contributed by atoms with E-state index in [1.54, 1.807) is 19.2 Å². The third kappa shape index (κ3) is 2.36. The highest BCUT2D eigenvalue weighted by Crippen LogP contribution is 2.26. The molecule has 2 heterocycles. The van der Waals surface area contributed by atoms with Crippen LogP contribution in [0, 0.1) is 0 Å². The van der Waals surface area contributed by atoms with Crippen LogP contribution in [-0.4, -0.2) is 7.11 Å². The molecular formula is C16H12O4. The van der Waals surface area contributed by atoms with E-state index in [0.29, 0.717) is 17.3 Å². The Morgan fingerprint density at radius 2 is 1.70 bits per heavy atom. The van der Waals surface area contributed by atoms with Crippen LogP contribution in [0.25, 0.3) is 22.8 Å². The van der Waals surface area contributed by atoms with Crippen LogP contribution in [0.4, 0.5) is 0 Å². The average molecular weight is 268 g/mol. The van der Waals surface area contributed by atoms with Crippen molar-refractivity contribution in [3.05, 3.63) is 65.0 Å². The van der Waals surface area contributed by atoms with Crippen molar-refractivity contribution in [3.8, 4) is 28.6 Å². The monoisotopic (exact) mass is 268 g/mol. The zero-order valence-electron chi connectivity index (χ0n) is 10.8. The summed E-state index contributed by atoms with van der Waals surface area (Å²) in [6, 6.07) is 13.7. The van der Waals surface area contributed by atoms with Crippen LogP contribution in [0.3, 0.4) is 0 Å². The van der Waals surface area contributed by atoms with Gasteiger partial charge in [0.25, 0.3) is 0 Å². The van der Waals surface area contributed by atoms with Crippen LogP contribution in [-0.2, 0) is 0 Å². The van der Waals surface area contributed by atoms with Crippen molar-refractivity contribution < 1.29 is 13.6 Å². The maximum absolute atomic E-state index is 11.8. The van der Waals surface area contributed by atoms with Gasteiger partial charge < -0.3 is 13.6 Å². The van der Waals surface area contributed by atoms with Crippen LogP contribution >= 0.6 is 0 Å². The Kier molecular flexibility index (Phi) is 3.13. The summed E-state index contributed by atoms with van der Waals surface area (Å²) in [5, 5.41) is 0. The van der Waals surface area contributed by atoms with E-state index >= 15 is 0 Å². The van der Waals surface area contributed by atoms with E-state index in [4.69, 9.17) is 13.6 Å². The topological polar surface area (TPSA) is 52.6 Å². The second kappa shape index (κ2) is 5.09. The van der Waals surface area contributed by atoms with Crippen LogP contribution in [0.2, 0.25) is 0 Å². The molecule has 0 aliphatic heterocycles. The van der Waals surface area contributed by atoms with Gasteiger partial charge in [0.15, 0.2) is 16.9 Å². The van der Waals surface area contributed by atoms with Gasteiger partial charge in [0.1, 0.15) is 11.5 Å². The van der Waals surface area contributed by atoms with Crippen LogP contribution < -0.4 is 10.2 Å². The molecule has 0 fully saturated rings. The fourth-order valence-corrected chi connectivity index (χ4v) is 1.92. The van der Waals surface area contributed by atoms with E-state index in [0.717, 1.165) is 11.3 Å². The van der Waals surface area contributed by atoms with Gasteiger partial charge in [-0.1, -0.05) is 0 Å². The van der Waals surface area contributed by atoms with E-state index in [-0.39, 0.29) is 5.43 Å². The molecule has 0 amide bonds. The first kappa shape index (κ1) is 12.3. The molecular weight excluding hydrogens is 256 g/mol. The van der Waals surface area contributed by atoms with Gasteiger partial charge in [-0.2, -0.15) is 0 Å². The third-order valence-corrected chi connectivity index (χ3v) is 2.91. The summed E-state index contributed by atoms with van der Waals surface area (Å²) < 4.78 is 16.1. The Morgan fingerprint density at radius 3 is 2.35 bits per heavy atom. The number of hydrogen-bond donors (Lipinski definition) is 0. The molecule has 1 aromatic carbocycles. The first-order chi connectivity index (χ1) is 9.76.